The minimum Gasteiger partial charge on any atom is -0.465 e. The first-order valence-electron chi connectivity index (χ1n) is 6.15. The zero-order valence-electron chi connectivity index (χ0n) is 10.5. The number of halogens is 1. The van der Waals surface area contributed by atoms with Crippen LogP contribution in [0, 0.1) is 0 Å². The number of nitrogens with one attached hydrogen (secondary N) is 1. The van der Waals surface area contributed by atoms with E-state index in [4.69, 9.17) is 5.11 Å². The van der Waals surface area contributed by atoms with Crippen LogP contribution in [0.4, 0.5) is 10.6 Å². The van der Waals surface area contributed by atoms with E-state index in [2.05, 4.69) is 36.2 Å². The van der Waals surface area contributed by atoms with Crippen LogP contribution in [0.25, 0.3) is 11.0 Å². The highest BCUT2D eigenvalue weighted by atomic mass is 79.9. The van der Waals surface area contributed by atoms with Crippen molar-refractivity contribution >= 4 is 38.9 Å². The van der Waals surface area contributed by atoms with Crippen molar-refractivity contribution in [3.63, 3.8) is 0 Å². The summed E-state index contributed by atoms with van der Waals surface area (Å²) in [4.78, 5) is 25.2. The van der Waals surface area contributed by atoms with Gasteiger partial charge >= 0.3 is 6.09 Å². The molecule has 3 rings (SSSR count). The quantitative estimate of drug-likeness (QED) is 0.870. The van der Waals surface area contributed by atoms with E-state index in [0.717, 1.165) is 16.4 Å². The SMILES string of the molecule is O=C(O)N1CCC(Nc2ncc(Br)c3nccnc23)C1. The van der Waals surface area contributed by atoms with Gasteiger partial charge in [0.15, 0.2) is 5.82 Å². The lowest BCUT2D eigenvalue weighted by Crippen LogP contribution is -2.30. The number of anilines is 1. The number of pyridine rings is 1. The summed E-state index contributed by atoms with van der Waals surface area (Å²) in [5, 5.41) is 12.2. The third kappa shape index (κ3) is 2.38. The van der Waals surface area contributed by atoms with Crippen molar-refractivity contribution in [1.82, 2.24) is 19.9 Å². The Hall–Kier alpha value is -1.96. The average molecular weight is 338 g/mol. The van der Waals surface area contributed by atoms with Crippen molar-refractivity contribution in [1.29, 1.82) is 0 Å². The molecule has 0 bridgehead atoms. The molecule has 2 N–H and O–H groups in total. The maximum atomic E-state index is 10.9. The molecule has 1 fully saturated rings. The molecule has 104 valence electrons. The van der Waals surface area contributed by atoms with Gasteiger partial charge in [0.05, 0.1) is 4.47 Å². The molecule has 7 nitrogen and oxygen atoms in total. The van der Waals surface area contributed by atoms with E-state index in [1.807, 2.05) is 0 Å². The Labute approximate surface area is 123 Å². The second kappa shape index (κ2) is 5.20. The van der Waals surface area contributed by atoms with E-state index < -0.39 is 6.09 Å². The van der Waals surface area contributed by atoms with Crippen LogP contribution in [0.5, 0.6) is 0 Å². The highest BCUT2D eigenvalue weighted by Crippen LogP contribution is 2.25. The topological polar surface area (TPSA) is 91.2 Å². The summed E-state index contributed by atoms with van der Waals surface area (Å²) in [5.74, 6) is 0.633. The smallest absolute Gasteiger partial charge is 0.407 e. The van der Waals surface area contributed by atoms with Gasteiger partial charge in [-0.1, -0.05) is 0 Å². The Morgan fingerprint density at radius 3 is 2.80 bits per heavy atom. The molecule has 0 aromatic carbocycles. The molecule has 0 radical (unpaired) electrons. The largest absolute Gasteiger partial charge is 0.465 e. The number of nitrogens with zero attached hydrogens (tertiary/aromatic N) is 4. The predicted octanol–water partition coefficient (Wildman–Crippen LogP) is 1.95. The predicted molar refractivity (Wildman–Crippen MR) is 76.7 cm³/mol. The molecule has 1 atom stereocenters. The van der Waals surface area contributed by atoms with Crippen molar-refractivity contribution in [3.05, 3.63) is 23.1 Å². The van der Waals surface area contributed by atoms with Gasteiger partial charge in [0, 0.05) is 37.7 Å². The Morgan fingerprint density at radius 1 is 1.35 bits per heavy atom. The molecule has 0 saturated carbocycles. The van der Waals surface area contributed by atoms with Crippen molar-refractivity contribution < 1.29 is 9.90 Å². The Bertz CT molecular complexity index is 665. The standard InChI is InChI=1S/C12H12BrN5O2/c13-8-5-16-11(10-9(8)14-2-3-15-10)17-7-1-4-18(6-7)12(19)20/h2-3,5,7H,1,4,6H2,(H,16,17)(H,19,20). The molecule has 3 heterocycles. The Kier molecular flexibility index (Phi) is 3.39. The van der Waals surface area contributed by atoms with Gasteiger partial charge in [-0.2, -0.15) is 0 Å². The molecule has 1 aliphatic rings. The molecule has 20 heavy (non-hydrogen) atoms. The van der Waals surface area contributed by atoms with E-state index in [9.17, 15) is 4.79 Å². The van der Waals surface area contributed by atoms with Crippen LogP contribution < -0.4 is 5.32 Å². The number of fused-ring (bicyclic) bond motifs is 1. The third-order valence-electron chi connectivity index (χ3n) is 3.26. The van der Waals surface area contributed by atoms with Crippen LogP contribution in [0.3, 0.4) is 0 Å². The fraction of sp³-hybridized carbons (Fsp3) is 0.333. The molecule has 8 heteroatoms. The van der Waals surface area contributed by atoms with E-state index in [1.54, 1.807) is 18.6 Å². The second-order valence-electron chi connectivity index (χ2n) is 4.57. The number of rotatable bonds is 2. The van der Waals surface area contributed by atoms with E-state index in [-0.39, 0.29) is 6.04 Å². The molecule has 0 spiro atoms. The first kappa shape index (κ1) is 13.0. The number of amides is 1. The number of hydrogen-bond acceptors (Lipinski definition) is 5. The summed E-state index contributed by atoms with van der Waals surface area (Å²) >= 11 is 3.39. The zero-order chi connectivity index (χ0) is 14.1. The van der Waals surface area contributed by atoms with Crippen LogP contribution in [0.2, 0.25) is 0 Å². The van der Waals surface area contributed by atoms with E-state index in [1.165, 1.54) is 4.90 Å². The van der Waals surface area contributed by atoms with Crippen molar-refractivity contribution in [2.45, 2.75) is 12.5 Å². The molecule has 2 aromatic rings. The van der Waals surface area contributed by atoms with Crippen molar-refractivity contribution in [2.75, 3.05) is 18.4 Å². The van der Waals surface area contributed by atoms with Gasteiger partial charge in [0.2, 0.25) is 0 Å². The minimum absolute atomic E-state index is 0.0463. The molecule has 1 saturated heterocycles. The summed E-state index contributed by atoms with van der Waals surface area (Å²) < 4.78 is 0.782. The van der Waals surface area contributed by atoms with Crippen LogP contribution in [-0.4, -0.2) is 50.2 Å². The van der Waals surface area contributed by atoms with Gasteiger partial charge < -0.3 is 15.3 Å². The number of carbonyl (C=O) groups is 1. The van der Waals surface area contributed by atoms with Crippen molar-refractivity contribution in [2.24, 2.45) is 0 Å². The second-order valence-corrected chi connectivity index (χ2v) is 5.42. The molecule has 1 amide bonds. The van der Waals surface area contributed by atoms with Crippen molar-refractivity contribution in [3.8, 4) is 0 Å². The van der Waals surface area contributed by atoms with Gasteiger partial charge in [0.1, 0.15) is 11.0 Å². The fourth-order valence-electron chi connectivity index (χ4n) is 2.28. The summed E-state index contributed by atoms with van der Waals surface area (Å²) in [6.45, 7) is 0.988. The molecular weight excluding hydrogens is 326 g/mol. The molecule has 2 aromatic heterocycles. The van der Waals surface area contributed by atoms with E-state index >= 15 is 0 Å². The lowest BCUT2D eigenvalue weighted by Gasteiger charge is -2.15. The van der Waals surface area contributed by atoms with Gasteiger partial charge in [0.25, 0.3) is 0 Å². The van der Waals surface area contributed by atoms with Crippen LogP contribution in [0.15, 0.2) is 23.1 Å². The lowest BCUT2D eigenvalue weighted by molar-refractivity contribution is 0.155. The summed E-state index contributed by atoms with van der Waals surface area (Å²) in [7, 11) is 0. The minimum atomic E-state index is -0.886. The number of hydrogen-bond donors (Lipinski definition) is 2. The Balaban J connectivity index is 1.85. The number of carboxylic acid groups (broad SMARTS) is 1. The van der Waals surface area contributed by atoms with Crippen LogP contribution in [-0.2, 0) is 0 Å². The monoisotopic (exact) mass is 337 g/mol. The lowest BCUT2D eigenvalue weighted by atomic mass is 10.2. The molecule has 1 unspecified atom stereocenters. The fourth-order valence-corrected chi connectivity index (χ4v) is 2.67. The van der Waals surface area contributed by atoms with Gasteiger partial charge in [-0.25, -0.2) is 14.8 Å². The zero-order valence-corrected chi connectivity index (χ0v) is 12.0. The van der Waals surface area contributed by atoms with Crippen LogP contribution in [0.1, 0.15) is 6.42 Å². The van der Waals surface area contributed by atoms with Gasteiger partial charge in [-0.05, 0) is 22.4 Å². The number of likely N-dealkylation sites (tertiary alicyclic amines) is 1. The average Bonchev–Trinajstić information content (AvgIpc) is 2.91. The summed E-state index contributed by atoms with van der Waals surface area (Å²) in [5.41, 5.74) is 1.41. The molecular formula is C12H12BrN5O2. The maximum absolute atomic E-state index is 10.9. The third-order valence-corrected chi connectivity index (χ3v) is 3.84. The summed E-state index contributed by atoms with van der Waals surface area (Å²) in [6, 6.07) is 0.0463. The Morgan fingerprint density at radius 2 is 2.10 bits per heavy atom. The maximum Gasteiger partial charge on any atom is 0.407 e. The highest BCUT2D eigenvalue weighted by molar-refractivity contribution is 9.10. The summed E-state index contributed by atoms with van der Waals surface area (Å²) in [6.07, 6.45) is 4.77. The van der Waals surface area contributed by atoms with E-state index in [0.29, 0.717) is 24.4 Å². The normalized spacial score (nSPS) is 18.4. The van der Waals surface area contributed by atoms with Gasteiger partial charge in [-0.3, -0.25) is 4.98 Å². The first-order valence-corrected chi connectivity index (χ1v) is 6.94. The molecule has 1 aliphatic heterocycles. The highest BCUT2D eigenvalue weighted by Gasteiger charge is 2.26. The number of aromatic nitrogens is 3. The first-order chi connectivity index (χ1) is 9.65. The van der Waals surface area contributed by atoms with Crippen LogP contribution >= 0.6 is 15.9 Å². The van der Waals surface area contributed by atoms with Gasteiger partial charge in [-0.15, -0.1) is 0 Å². The molecule has 0 aliphatic carbocycles.